The normalized spacial score (nSPS) is 16.9. The van der Waals surface area contributed by atoms with Gasteiger partial charge in [-0.15, -0.1) is 11.3 Å². The topological polar surface area (TPSA) is 62.2 Å². The van der Waals surface area contributed by atoms with Gasteiger partial charge < -0.3 is 10.4 Å². The van der Waals surface area contributed by atoms with Gasteiger partial charge in [0.15, 0.2) is 0 Å². The molecule has 0 atom stereocenters. The Morgan fingerprint density at radius 1 is 1.50 bits per heavy atom. The zero-order valence-corrected chi connectivity index (χ0v) is 12.4. The van der Waals surface area contributed by atoms with Crippen molar-refractivity contribution in [3.63, 3.8) is 0 Å². The third-order valence-electron chi connectivity index (χ3n) is 3.62. The SMILES string of the molecule is O=C(NCCc1nc2cc(Cl)ccc2s1)C1(O)CCC1. The Morgan fingerprint density at radius 2 is 2.30 bits per heavy atom. The van der Waals surface area contributed by atoms with Gasteiger partial charge in [0.05, 0.1) is 15.2 Å². The summed E-state index contributed by atoms with van der Waals surface area (Å²) < 4.78 is 1.09. The highest BCUT2D eigenvalue weighted by Crippen LogP contribution is 2.31. The van der Waals surface area contributed by atoms with Crippen molar-refractivity contribution in [3.8, 4) is 0 Å². The molecule has 4 nitrogen and oxygen atoms in total. The lowest BCUT2D eigenvalue weighted by molar-refractivity contribution is -0.148. The Hall–Kier alpha value is -1.17. The zero-order valence-electron chi connectivity index (χ0n) is 10.9. The fraction of sp³-hybridized carbons (Fsp3) is 0.429. The predicted octanol–water partition coefficient (Wildman–Crippen LogP) is 2.52. The average Bonchev–Trinajstić information content (AvgIpc) is 2.77. The van der Waals surface area contributed by atoms with Gasteiger partial charge >= 0.3 is 0 Å². The standard InChI is InChI=1S/C14H15ClN2O2S/c15-9-2-3-11-10(8-9)17-12(20-11)4-7-16-13(18)14(19)5-1-6-14/h2-3,8,19H,1,4-7H2,(H,16,18). The summed E-state index contributed by atoms with van der Waals surface area (Å²) in [4.78, 5) is 16.2. The minimum absolute atomic E-state index is 0.257. The second-order valence-electron chi connectivity index (χ2n) is 5.11. The van der Waals surface area contributed by atoms with Crippen molar-refractivity contribution < 1.29 is 9.90 Å². The highest BCUT2D eigenvalue weighted by Gasteiger charge is 2.41. The average molecular weight is 311 g/mol. The summed E-state index contributed by atoms with van der Waals surface area (Å²) in [6, 6.07) is 5.64. The van der Waals surface area contributed by atoms with Crippen LogP contribution in [0.3, 0.4) is 0 Å². The van der Waals surface area contributed by atoms with Gasteiger partial charge in [-0.2, -0.15) is 0 Å². The number of nitrogens with one attached hydrogen (secondary N) is 1. The van der Waals surface area contributed by atoms with Crippen LogP contribution < -0.4 is 5.32 Å². The van der Waals surface area contributed by atoms with E-state index in [4.69, 9.17) is 11.6 Å². The molecule has 1 saturated carbocycles. The van der Waals surface area contributed by atoms with E-state index in [2.05, 4.69) is 10.3 Å². The van der Waals surface area contributed by atoms with Crippen LogP contribution in [0.15, 0.2) is 18.2 Å². The first-order valence-electron chi connectivity index (χ1n) is 6.62. The summed E-state index contributed by atoms with van der Waals surface area (Å²) in [5.74, 6) is -0.257. The van der Waals surface area contributed by atoms with Crippen LogP contribution in [0.1, 0.15) is 24.3 Å². The van der Waals surface area contributed by atoms with Gasteiger partial charge in [-0.05, 0) is 37.5 Å². The Labute approximate surface area is 125 Å². The Bertz CT molecular complexity index is 652. The fourth-order valence-corrected chi connectivity index (χ4v) is 3.35. The fourth-order valence-electron chi connectivity index (χ4n) is 2.24. The van der Waals surface area contributed by atoms with Crippen LogP contribution in [0, 0.1) is 0 Å². The third kappa shape index (κ3) is 2.66. The van der Waals surface area contributed by atoms with Crippen LogP contribution in [0.4, 0.5) is 0 Å². The van der Waals surface area contributed by atoms with Gasteiger partial charge in [0.2, 0.25) is 0 Å². The van der Waals surface area contributed by atoms with E-state index in [0.29, 0.717) is 30.8 Å². The maximum absolute atomic E-state index is 11.8. The van der Waals surface area contributed by atoms with Crippen molar-refractivity contribution in [2.45, 2.75) is 31.3 Å². The van der Waals surface area contributed by atoms with Gasteiger partial charge in [-0.25, -0.2) is 4.98 Å². The number of thiazole rings is 1. The number of benzene rings is 1. The molecule has 0 unspecified atom stereocenters. The minimum atomic E-state index is -1.12. The molecule has 3 rings (SSSR count). The van der Waals surface area contributed by atoms with E-state index in [-0.39, 0.29) is 5.91 Å². The molecule has 0 aliphatic heterocycles. The number of carbonyl (C=O) groups is 1. The number of hydrogen-bond acceptors (Lipinski definition) is 4. The monoisotopic (exact) mass is 310 g/mol. The molecule has 0 saturated heterocycles. The molecular formula is C14H15ClN2O2S. The molecule has 6 heteroatoms. The van der Waals surface area contributed by atoms with Gasteiger partial charge in [0, 0.05) is 18.0 Å². The van der Waals surface area contributed by atoms with E-state index in [1.165, 1.54) is 0 Å². The number of carbonyl (C=O) groups excluding carboxylic acids is 1. The van der Waals surface area contributed by atoms with Crippen molar-refractivity contribution in [2.75, 3.05) is 6.54 Å². The van der Waals surface area contributed by atoms with E-state index >= 15 is 0 Å². The Kier molecular flexibility index (Phi) is 3.67. The second kappa shape index (κ2) is 5.31. The molecule has 1 aromatic heterocycles. The number of rotatable bonds is 4. The first kappa shape index (κ1) is 13.8. The minimum Gasteiger partial charge on any atom is -0.380 e. The highest BCUT2D eigenvalue weighted by molar-refractivity contribution is 7.18. The lowest BCUT2D eigenvalue weighted by atomic mass is 9.79. The Morgan fingerprint density at radius 3 is 3.00 bits per heavy atom. The molecule has 1 aliphatic carbocycles. The van der Waals surface area contributed by atoms with Crippen LogP contribution in [-0.2, 0) is 11.2 Å². The summed E-state index contributed by atoms with van der Waals surface area (Å²) in [5.41, 5.74) is -0.234. The van der Waals surface area contributed by atoms with E-state index in [9.17, 15) is 9.90 Å². The molecule has 1 fully saturated rings. The molecule has 1 aromatic carbocycles. The van der Waals surface area contributed by atoms with Crippen molar-refractivity contribution in [2.24, 2.45) is 0 Å². The number of aliphatic hydroxyl groups is 1. The lowest BCUT2D eigenvalue weighted by Crippen LogP contribution is -2.51. The van der Waals surface area contributed by atoms with Crippen LogP contribution in [-0.4, -0.2) is 28.1 Å². The number of aromatic nitrogens is 1. The maximum atomic E-state index is 11.8. The molecule has 20 heavy (non-hydrogen) atoms. The number of fused-ring (bicyclic) bond motifs is 1. The van der Waals surface area contributed by atoms with Crippen molar-refractivity contribution >= 4 is 39.1 Å². The van der Waals surface area contributed by atoms with Gasteiger partial charge in [-0.1, -0.05) is 11.6 Å². The van der Waals surface area contributed by atoms with Crippen molar-refractivity contribution in [1.29, 1.82) is 0 Å². The van der Waals surface area contributed by atoms with Gasteiger partial charge in [0.1, 0.15) is 5.60 Å². The van der Waals surface area contributed by atoms with Crippen molar-refractivity contribution in [3.05, 3.63) is 28.2 Å². The summed E-state index contributed by atoms with van der Waals surface area (Å²) in [5, 5.41) is 14.3. The van der Waals surface area contributed by atoms with Crippen LogP contribution >= 0.6 is 22.9 Å². The smallest absolute Gasteiger partial charge is 0.251 e. The number of hydrogen-bond donors (Lipinski definition) is 2. The van der Waals surface area contributed by atoms with E-state index < -0.39 is 5.60 Å². The highest BCUT2D eigenvalue weighted by atomic mass is 35.5. The quantitative estimate of drug-likeness (QED) is 0.912. The molecule has 0 spiro atoms. The summed E-state index contributed by atoms with van der Waals surface area (Å²) in [6.45, 7) is 0.495. The molecule has 106 valence electrons. The Balaban J connectivity index is 1.58. The molecule has 2 N–H and O–H groups in total. The van der Waals surface area contributed by atoms with Gasteiger partial charge in [-0.3, -0.25) is 4.79 Å². The number of halogens is 1. The van der Waals surface area contributed by atoms with E-state index in [1.807, 2.05) is 18.2 Å². The molecule has 2 aromatic rings. The third-order valence-corrected chi connectivity index (χ3v) is 4.95. The molecule has 0 bridgehead atoms. The van der Waals surface area contributed by atoms with Crippen molar-refractivity contribution in [1.82, 2.24) is 10.3 Å². The molecule has 0 radical (unpaired) electrons. The van der Waals surface area contributed by atoms with Crippen LogP contribution in [0.2, 0.25) is 5.02 Å². The molecule has 1 aliphatic rings. The molecule has 1 heterocycles. The van der Waals surface area contributed by atoms with Crippen LogP contribution in [0.5, 0.6) is 0 Å². The summed E-state index contributed by atoms with van der Waals surface area (Å²) in [7, 11) is 0. The van der Waals surface area contributed by atoms with E-state index in [0.717, 1.165) is 21.6 Å². The largest absolute Gasteiger partial charge is 0.380 e. The maximum Gasteiger partial charge on any atom is 0.251 e. The first-order valence-corrected chi connectivity index (χ1v) is 7.82. The summed E-state index contributed by atoms with van der Waals surface area (Å²) >= 11 is 7.53. The summed E-state index contributed by atoms with van der Waals surface area (Å²) in [6.07, 6.45) is 2.72. The second-order valence-corrected chi connectivity index (χ2v) is 6.66. The number of nitrogens with zero attached hydrogens (tertiary/aromatic N) is 1. The lowest BCUT2D eigenvalue weighted by Gasteiger charge is -2.34. The van der Waals surface area contributed by atoms with Gasteiger partial charge in [0.25, 0.3) is 5.91 Å². The first-order chi connectivity index (χ1) is 9.57. The van der Waals surface area contributed by atoms with Crippen LogP contribution in [0.25, 0.3) is 10.2 Å². The zero-order chi connectivity index (χ0) is 14.2. The predicted molar refractivity (Wildman–Crippen MR) is 80.1 cm³/mol. The molecule has 1 amide bonds. The van der Waals surface area contributed by atoms with E-state index in [1.54, 1.807) is 11.3 Å². The number of amides is 1. The molecular weight excluding hydrogens is 296 g/mol.